The van der Waals surface area contributed by atoms with Crippen LogP contribution in [0.15, 0.2) is 36.4 Å². The van der Waals surface area contributed by atoms with Crippen LogP contribution in [0.1, 0.15) is 40.5 Å². The van der Waals surface area contributed by atoms with E-state index >= 15 is 0 Å². The first-order valence-corrected chi connectivity index (χ1v) is 9.84. The molecule has 2 aromatic rings. The molecule has 3 rings (SSSR count). The van der Waals surface area contributed by atoms with Crippen LogP contribution in [0.2, 0.25) is 15.1 Å². The predicted molar refractivity (Wildman–Crippen MR) is 110 cm³/mol. The zero-order chi connectivity index (χ0) is 19.6. The molecule has 1 N–H and O–H groups in total. The lowest BCUT2D eigenvalue weighted by Gasteiger charge is -2.31. The molecule has 2 amide bonds. The summed E-state index contributed by atoms with van der Waals surface area (Å²) in [6, 6.07) is 9.48. The summed E-state index contributed by atoms with van der Waals surface area (Å²) in [5.74, 6) is 0.0573. The monoisotopic (exact) mass is 424 g/mol. The molecule has 142 valence electrons. The normalized spacial score (nSPS) is 14.9. The van der Waals surface area contributed by atoms with Crippen molar-refractivity contribution < 1.29 is 9.59 Å². The van der Waals surface area contributed by atoms with Gasteiger partial charge in [-0.05, 0) is 55.2 Å². The van der Waals surface area contributed by atoms with Gasteiger partial charge in [0.2, 0.25) is 0 Å². The number of benzene rings is 2. The lowest BCUT2D eigenvalue weighted by molar-refractivity contribution is 0.0698. The highest BCUT2D eigenvalue weighted by molar-refractivity contribution is 6.37. The fraction of sp³-hybridized carbons (Fsp3) is 0.300. The quantitative estimate of drug-likeness (QED) is 0.678. The number of carbonyl (C=O) groups is 2. The second kappa shape index (κ2) is 8.51. The maximum Gasteiger partial charge on any atom is 0.257 e. The Morgan fingerprint density at radius 3 is 2.26 bits per heavy atom. The second-order valence-electron chi connectivity index (χ2n) is 6.74. The second-order valence-corrected chi connectivity index (χ2v) is 8.02. The Bertz CT molecular complexity index is 878. The zero-order valence-corrected chi connectivity index (χ0v) is 17.0. The van der Waals surface area contributed by atoms with E-state index in [4.69, 9.17) is 34.8 Å². The maximum atomic E-state index is 13.0. The summed E-state index contributed by atoms with van der Waals surface area (Å²) >= 11 is 18.1. The molecular weight excluding hydrogens is 407 g/mol. The van der Waals surface area contributed by atoms with Gasteiger partial charge in [-0.1, -0.05) is 41.7 Å². The van der Waals surface area contributed by atoms with Crippen molar-refractivity contribution in [3.8, 4) is 0 Å². The van der Waals surface area contributed by atoms with E-state index in [1.807, 2.05) is 0 Å². The summed E-state index contributed by atoms with van der Waals surface area (Å²) in [5, 5.41) is 3.89. The van der Waals surface area contributed by atoms with Crippen LogP contribution in [0, 0.1) is 5.92 Å². The van der Waals surface area contributed by atoms with Gasteiger partial charge in [-0.25, -0.2) is 0 Å². The van der Waals surface area contributed by atoms with E-state index in [1.54, 1.807) is 35.2 Å². The van der Waals surface area contributed by atoms with Gasteiger partial charge in [0.1, 0.15) is 0 Å². The molecule has 1 fully saturated rings. The average Bonchev–Trinajstić information content (AvgIpc) is 2.63. The number of nitrogens with zero attached hydrogens (tertiary/aromatic N) is 1. The summed E-state index contributed by atoms with van der Waals surface area (Å²) in [6.45, 7) is 3.58. The summed E-state index contributed by atoms with van der Waals surface area (Å²) in [4.78, 5) is 27.4. The molecular formula is C20H19Cl3N2O2. The predicted octanol–water partition coefficient (Wildman–Crippen LogP) is 5.77. The van der Waals surface area contributed by atoms with Crippen LogP contribution in [-0.2, 0) is 0 Å². The van der Waals surface area contributed by atoms with Crippen LogP contribution in [0.3, 0.4) is 0 Å². The molecule has 0 aliphatic carbocycles. The van der Waals surface area contributed by atoms with Gasteiger partial charge in [0.25, 0.3) is 11.8 Å². The van der Waals surface area contributed by atoms with E-state index in [2.05, 4.69) is 12.2 Å². The highest BCUT2D eigenvalue weighted by Crippen LogP contribution is 2.27. The first-order valence-electron chi connectivity index (χ1n) is 8.70. The minimum atomic E-state index is -0.416. The van der Waals surface area contributed by atoms with Gasteiger partial charge < -0.3 is 10.2 Å². The molecule has 2 aromatic carbocycles. The van der Waals surface area contributed by atoms with Gasteiger partial charge in [-0.15, -0.1) is 0 Å². The molecule has 0 bridgehead atoms. The van der Waals surface area contributed by atoms with Gasteiger partial charge in [0, 0.05) is 23.1 Å². The number of amides is 2. The Hall–Kier alpha value is -1.75. The number of nitrogens with one attached hydrogen (secondary N) is 1. The molecule has 0 spiro atoms. The van der Waals surface area contributed by atoms with Crippen molar-refractivity contribution in [2.45, 2.75) is 19.8 Å². The molecule has 1 aliphatic heterocycles. The molecule has 4 nitrogen and oxygen atoms in total. The number of carbonyl (C=O) groups excluding carboxylic acids is 2. The highest BCUT2D eigenvalue weighted by Gasteiger charge is 2.24. The van der Waals surface area contributed by atoms with Gasteiger partial charge in [0.05, 0.1) is 21.8 Å². The number of piperidine rings is 1. The summed E-state index contributed by atoms with van der Waals surface area (Å²) < 4.78 is 0. The van der Waals surface area contributed by atoms with Gasteiger partial charge in [-0.3, -0.25) is 9.59 Å². The van der Waals surface area contributed by atoms with Crippen molar-refractivity contribution in [1.82, 2.24) is 4.90 Å². The standard InChI is InChI=1S/C20H19Cl3N2O2/c1-12-6-8-25(9-7-12)20(27)16-10-13(21)3-5-18(16)24-19(26)15-4-2-14(22)11-17(15)23/h2-5,10-12H,6-9H2,1H3,(H,24,26). The van der Waals surface area contributed by atoms with Crippen LogP contribution in [-0.4, -0.2) is 29.8 Å². The van der Waals surface area contributed by atoms with E-state index in [-0.39, 0.29) is 16.5 Å². The van der Waals surface area contributed by atoms with Crippen molar-refractivity contribution in [2.24, 2.45) is 5.92 Å². The van der Waals surface area contributed by atoms with Crippen molar-refractivity contribution in [3.63, 3.8) is 0 Å². The molecule has 0 saturated carbocycles. The third-order valence-electron chi connectivity index (χ3n) is 4.71. The van der Waals surface area contributed by atoms with Gasteiger partial charge in [-0.2, -0.15) is 0 Å². The van der Waals surface area contributed by atoms with Crippen molar-refractivity contribution in [1.29, 1.82) is 0 Å². The molecule has 1 saturated heterocycles. The molecule has 1 heterocycles. The van der Waals surface area contributed by atoms with E-state index in [0.717, 1.165) is 12.8 Å². The third kappa shape index (κ3) is 4.75. The van der Waals surface area contributed by atoms with Crippen LogP contribution in [0.4, 0.5) is 5.69 Å². The summed E-state index contributed by atoms with van der Waals surface area (Å²) in [6.07, 6.45) is 1.93. The Morgan fingerprint density at radius 2 is 1.59 bits per heavy atom. The third-order valence-corrected chi connectivity index (χ3v) is 5.49. The molecule has 0 unspecified atom stereocenters. The number of rotatable bonds is 3. The first-order chi connectivity index (χ1) is 12.8. The minimum absolute atomic E-state index is 0.137. The van der Waals surface area contributed by atoms with Crippen LogP contribution in [0.5, 0.6) is 0 Å². The van der Waals surface area contributed by atoms with Crippen molar-refractivity contribution in [2.75, 3.05) is 18.4 Å². The lowest BCUT2D eigenvalue weighted by Crippen LogP contribution is -2.38. The first kappa shape index (κ1) is 20.0. The van der Waals surface area contributed by atoms with Crippen LogP contribution >= 0.6 is 34.8 Å². The Kier molecular flexibility index (Phi) is 6.30. The van der Waals surface area contributed by atoms with Crippen molar-refractivity contribution in [3.05, 3.63) is 62.6 Å². The molecule has 27 heavy (non-hydrogen) atoms. The van der Waals surface area contributed by atoms with Crippen LogP contribution < -0.4 is 5.32 Å². The number of hydrogen-bond acceptors (Lipinski definition) is 2. The number of hydrogen-bond donors (Lipinski definition) is 1. The largest absolute Gasteiger partial charge is 0.339 e. The topological polar surface area (TPSA) is 49.4 Å². The lowest BCUT2D eigenvalue weighted by atomic mass is 9.98. The Morgan fingerprint density at radius 1 is 0.963 bits per heavy atom. The number of anilines is 1. The smallest absolute Gasteiger partial charge is 0.257 e. The highest BCUT2D eigenvalue weighted by atomic mass is 35.5. The van der Waals surface area contributed by atoms with E-state index in [9.17, 15) is 9.59 Å². The fourth-order valence-electron chi connectivity index (χ4n) is 3.05. The van der Waals surface area contributed by atoms with E-state index in [0.29, 0.717) is 40.3 Å². The molecule has 0 atom stereocenters. The zero-order valence-electron chi connectivity index (χ0n) is 14.8. The number of likely N-dealkylation sites (tertiary alicyclic amines) is 1. The fourth-order valence-corrected chi connectivity index (χ4v) is 3.71. The molecule has 0 radical (unpaired) electrons. The van der Waals surface area contributed by atoms with Gasteiger partial charge >= 0.3 is 0 Å². The van der Waals surface area contributed by atoms with Crippen LogP contribution in [0.25, 0.3) is 0 Å². The Labute approximate surface area is 173 Å². The minimum Gasteiger partial charge on any atom is -0.339 e. The Balaban J connectivity index is 1.85. The maximum absolute atomic E-state index is 13.0. The van der Waals surface area contributed by atoms with E-state index in [1.165, 1.54) is 6.07 Å². The SMILES string of the molecule is CC1CCN(C(=O)c2cc(Cl)ccc2NC(=O)c2ccc(Cl)cc2Cl)CC1. The average molecular weight is 426 g/mol. The molecule has 1 aliphatic rings. The summed E-state index contributed by atoms with van der Waals surface area (Å²) in [5.41, 5.74) is 1.05. The molecule has 0 aromatic heterocycles. The van der Waals surface area contributed by atoms with E-state index < -0.39 is 5.91 Å². The summed E-state index contributed by atoms with van der Waals surface area (Å²) in [7, 11) is 0. The van der Waals surface area contributed by atoms with Crippen molar-refractivity contribution >= 4 is 52.3 Å². The van der Waals surface area contributed by atoms with Gasteiger partial charge in [0.15, 0.2) is 0 Å². The number of halogens is 3. The molecule has 7 heteroatoms.